The molecule has 1 aromatic heterocycles. The van der Waals surface area contributed by atoms with E-state index in [4.69, 9.17) is 4.74 Å². The molecule has 1 saturated heterocycles. The molecule has 2 amide bonds. The lowest BCUT2D eigenvalue weighted by Gasteiger charge is -2.30. The number of piperidine rings is 1. The Kier molecular flexibility index (Phi) is 6.68. The zero-order valence-electron chi connectivity index (χ0n) is 16.5. The topological polar surface area (TPSA) is 87.3 Å². The Balaban J connectivity index is 1.53. The van der Waals surface area contributed by atoms with Gasteiger partial charge in [0.1, 0.15) is 0 Å². The normalized spacial score (nSPS) is 14.7. The third kappa shape index (κ3) is 4.91. The molecule has 2 heterocycles. The van der Waals surface area contributed by atoms with E-state index in [9.17, 15) is 9.59 Å². The van der Waals surface area contributed by atoms with Crippen molar-refractivity contribution < 1.29 is 14.3 Å². The van der Waals surface area contributed by atoms with Gasteiger partial charge in [0.15, 0.2) is 5.82 Å². The molecule has 1 aromatic carbocycles. The minimum atomic E-state index is -0.303. The number of hydrogen-bond acceptors (Lipinski definition) is 4. The number of aryl methyl sites for hydroxylation is 1. The Morgan fingerprint density at radius 1 is 1.21 bits per heavy atom. The quantitative estimate of drug-likeness (QED) is 0.792. The van der Waals surface area contributed by atoms with Crippen molar-refractivity contribution >= 4 is 17.8 Å². The van der Waals surface area contributed by atoms with Crippen LogP contribution in [-0.2, 0) is 16.0 Å². The van der Waals surface area contributed by atoms with Gasteiger partial charge in [-0.05, 0) is 37.3 Å². The highest BCUT2D eigenvalue weighted by Crippen LogP contribution is 2.23. The number of rotatable bonds is 6. The SMILES string of the molecule is CCCc1ccc(-c2cc(NC(=O)C3CCN(C(=O)OCC)CC3)n[nH]2)cc1. The molecular weight excluding hydrogens is 356 g/mol. The molecule has 0 saturated carbocycles. The maximum Gasteiger partial charge on any atom is 0.409 e. The lowest BCUT2D eigenvalue weighted by molar-refractivity contribution is -0.121. The summed E-state index contributed by atoms with van der Waals surface area (Å²) in [6.45, 7) is 5.38. The van der Waals surface area contributed by atoms with Crippen molar-refractivity contribution in [1.82, 2.24) is 15.1 Å². The number of ether oxygens (including phenoxy) is 1. The highest BCUT2D eigenvalue weighted by Gasteiger charge is 2.28. The number of anilines is 1. The maximum atomic E-state index is 12.5. The van der Waals surface area contributed by atoms with Gasteiger partial charge < -0.3 is 15.0 Å². The highest BCUT2D eigenvalue weighted by atomic mass is 16.6. The number of benzene rings is 1. The predicted molar refractivity (Wildman–Crippen MR) is 108 cm³/mol. The van der Waals surface area contributed by atoms with Crippen LogP contribution in [0, 0.1) is 5.92 Å². The Morgan fingerprint density at radius 2 is 1.93 bits per heavy atom. The van der Waals surface area contributed by atoms with E-state index in [-0.39, 0.29) is 17.9 Å². The number of carbonyl (C=O) groups is 2. The van der Waals surface area contributed by atoms with Crippen molar-refractivity contribution in [3.8, 4) is 11.3 Å². The first kappa shape index (κ1) is 19.9. The first-order valence-corrected chi connectivity index (χ1v) is 9.98. The molecule has 28 heavy (non-hydrogen) atoms. The fourth-order valence-electron chi connectivity index (χ4n) is 3.44. The maximum absolute atomic E-state index is 12.5. The minimum absolute atomic E-state index is 0.0557. The number of nitrogens with zero attached hydrogens (tertiary/aromatic N) is 2. The van der Waals surface area contributed by atoms with Gasteiger partial charge in [-0.25, -0.2) is 4.79 Å². The number of carbonyl (C=O) groups excluding carboxylic acids is 2. The zero-order valence-corrected chi connectivity index (χ0v) is 16.5. The van der Waals surface area contributed by atoms with Crippen LogP contribution >= 0.6 is 0 Å². The Bertz CT molecular complexity index is 792. The average Bonchev–Trinajstić information content (AvgIpc) is 3.17. The molecule has 1 aliphatic heterocycles. The summed E-state index contributed by atoms with van der Waals surface area (Å²) in [7, 11) is 0. The van der Waals surface area contributed by atoms with Crippen molar-refractivity contribution in [3.63, 3.8) is 0 Å². The van der Waals surface area contributed by atoms with Gasteiger partial charge in [0, 0.05) is 25.1 Å². The summed E-state index contributed by atoms with van der Waals surface area (Å²) in [6.07, 6.45) is 3.14. The fraction of sp³-hybridized carbons (Fsp3) is 0.476. The van der Waals surface area contributed by atoms with Crippen LogP contribution in [0.3, 0.4) is 0 Å². The van der Waals surface area contributed by atoms with Crippen molar-refractivity contribution in [2.24, 2.45) is 5.92 Å². The van der Waals surface area contributed by atoms with Gasteiger partial charge in [0.05, 0.1) is 12.3 Å². The number of nitrogens with one attached hydrogen (secondary N) is 2. The van der Waals surface area contributed by atoms with Gasteiger partial charge in [0.25, 0.3) is 0 Å². The third-order valence-electron chi connectivity index (χ3n) is 5.02. The molecule has 2 aromatic rings. The Labute approximate surface area is 165 Å². The first-order chi connectivity index (χ1) is 13.6. The molecule has 7 heteroatoms. The molecule has 0 unspecified atom stereocenters. The van der Waals surface area contributed by atoms with Crippen LogP contribution in [0.5, 0.6) is 0 Å². The number of likely N-dealkylation sites (tertiary alicyclic amines) is 1. The summed E-state index contributed by atoms with van der Waals surface area (Å²) < 4.78 is 5.01. The summed E-state index contributed by atoms with van der Waals surface area (Å²) in [4.78, 5) is 25.9. The van der Waals surface area contributed by atoms with E-state index < -0.39 is 0 Å². The molecule has 0 atom stereocenters. The van der Waals surface area contributed by atoms with Gasteiger partial charge in [-0.3, -0.25) is 9.89 Å². The second-order valence-electron chi connectivity index (χ2n) is 7.06. The van der Waals surface area contributed by atoms with E-state index in [1.807, 2.05) is 6.07 Å². The number of amides is 2. The summed E-state index contributed by atoms with van der Waals surface area (Å²) in [5, 5.41) is 10.1. The van der Waals surface area contributed by atoms with Crippen molar-refractivity contribution in [3.05, 3.63) is 35.9 Å². The molecule has 150 valence electrons. The van der Waals surface area contributed by atoms with E-state index in [1.165, 1.54) is 5.56 Å². The van der Waals surface area contributed by atoms with Crippen LogP contribution in [-0.4, -0.2) is 46.8 Å². The zero-order chi connectivity index (χ0) is 19.9. The van der Waals surface area contributed by atoms with E-state index >= 15 is 0 Å². The molecule has 0 aliphatic carbocycles. The molecule has 0 radical (unpaired) electrons. The van der Waals surface area contributed by atoms with Gasteiger partial charge in [-0.15, -0.1) is 0 Å². The van der Waals surface area contributed by atoms with Gasteiger partial charge >= 0.3 is 6.09 Å². The summed E-state index contributed by atoms with van der Waals surface area (Å²) in [5.41, 5.74) is 3.22. The van der Waals surface area contributed by atoms with Gasteiger partial charge in [-0.1, -0.05) is 37.6 Å². The summed E-state index contributed by atoms with van der Waals surface area (Å²) in [6, 6.07) is 10.2. The van der Waals surface area contributed by atoms with Crippen molar-refractivity contribution in [2.45, 2.75) is 39.5 Å². The second-order valence-corrected chi connectivity index (χ2v) is 7.06. The molecule has 0 bridgehead atoms. The first-order valence-electron chi connectivity index (χ1n) is 9.98. The Hall–Kier alpha value is -2.83. The van der Waals surface area contributed by atoms with Crippen molar-refractivity contribution in [2.75, 3.05) is 25.0 Å². The van der Waals surface area contributed by atoms with Crippen LogP contribution in [0.1, 0.15) is 38.7 Å². The van der Waals surface area contributed by atoms with Gasteiger partial charge in [0.2, 0.25) is 5.91 Å². The predicted octanol–water partition coefficient (Wildman–Crippen LogP) is 3.84. The molecule has 1 aliphatic rings. The van der Waals surface area contributed by atoms with E-state index in [1.54, 1.807) is 11.8 Å². The second kappa shape index (κ2) is 9.39. The molecule has 3 rings (SSSR count). The van der Waals surface area contributed by atoms with Crippen LogP contribution in [0.25, 0.3) is 11.3 Å². The van der Waals surface area contributed by atoms with Crippen LogP contribution in [0.15, 0.2) is 30.3 Å². The highest BCUT2D eigenvalue weighted by molar-refractivity contribution is 5.92. The van der Waals surface area contributed by atoms with E-state index in [0.717, 1.165) is 24.1 Å². The number of aromatic nitrogens is 2. The van der Waals surface area contributed by atoms with Crippen LogP contribution in [0.2, 0.25) is 0 Å². The number of hydrogen-bond donors (Lipinski definition) is 2. The lowest BCUT2D eigenvalue weighted by Crippen LogP contribution is -2.41. The average molecular weight is 384 g/mol. The number of H-pyrrole nitrogens is 1. The van der Waals surface area contributed by atoms with Crippen LogP contribution in [0.4, 0.5) is 10.6 Å². The van der Waals surface area contributed by atoms with Crippen LogP contribution < -0.4 is 5.32 Å². The molecule has 2 N–H and O–H groups in total. The number of aromatic amines is 1. The monoisotopic (exact) mass is 384 g/mol. The van der Waals surface area contributed by atoms with Gasteiger partial charge in [-0.2, -0.15) is 5.10 Å². The van der Waals surface area contributed by atoms with Crippen molar-refractivity contribution in [1.29, 1.82) is 0 Å². The molecule has 1 fully saturated rings. The summed E-state index contributed by atoms with van der Waals surface area (Å²) >= 11 is 0. The fourth-order valence-corrected chi connectivity index (χ4v) is 3.44. The summed E-state index contributed by atoms with van der Waals surface area (Å²) in [5.74, 6) is 0.337. The largest absolute Gasteiger partial charge is 0.450 e. The minimum Gasteiger partial charge on any atom is -0.450 e. The Morgan fingerprint density at radius 3 is 2.57 bits per heavy atom. The standard InChI is InChI=1S/C21H28N4O3/c1-3-5-15-6-8-16(9-7-15)18-14-19(24-23-18)22-20(26)17-10-12-25(13-11-17)21(27)28-4-2/h6-9,14,17H,3-5,10-13H2,1-2H3,(H2,22,23,24,26). The molecular formula is C21H28N4O3. The van der Waals surface area contributed by atoms with E-state index in [2.05, 4.69) is 46.7 Å². The lowest BCUT2D eigenvalue weighted by atomic mass is 9.96. The molecule has 7 nitrogen and oxygen atoms in total. The molecule has 0 spiro atoms. The van der Waals surface area contributed by atoms with E-state index in [0.29, 0.717) is 38.4 Å². The smallest absolute Gasteiger partial charge is 0.409 e. The third-order valence-corrected chi connectivity index (χ3v) is 5.02.